The molecule has 0 saturated carbocycles. The van der Waals surface area contributed by atoms with Crippen molar-refractivity contribution in [3.63, 3.8) is 0 Å². The number of carbonyl (C=O) groups is 1. The van der Waals surface area contributed by atoms with Crippen molar-refractivity contribution >= 4 is 23.3 Å². The quantitative estimate of drug-likeness (QED) is 0.804. The summed E-state index contributed by atoms with van der Waals surface area (Å²) in [5.74, 6) is -0.239. The van der Waals surface area contributed by atoms with E-state index < -0.39 is 0 Å². The van der Waals surface area contributed by atoms with Crippen LogP contribution in [0.15, 0.2) is 24.3 Å². The Morgan fingerprint density at radius 3 is 3.10 bits per heavy atom. The molecule has 0 fully saturated rings. The minimum Gasteiger partial charge on any atom is -0.381 e. The van der Waals surface area contributed by atoms with Crippen molar-refractivity contribution < 1.29 is 9.53 Å². The van der Waals surface area contributed by atoms with E-state index >= 15 is 0 Å². The van der Waals surface area contributed by atoms with Crippen molar-refractivity contribution in [3.8, 4) is 0 Å². The fourth-order valence-electron chi connectivity index (χ4n) is 2.41. The second kappa shape index (κ2) is 5.75. The number of amides is 1. The fourth-order valence-corrected chi connectivity index (χ4v) is 2.58. The predicted molar refractivity (Wildman–Crippen MR) is 79.2 cm³/mol. The van der Waals surface area contributed by atoms with Gasteiger partial charge in [0.25, 0.3) is 5.91 Å². The van der Waals surface area contributed by atoms with Gasteiger partial charge in [-0.2, -0.15) is 5.10 Å². The van der Waals surface area contributed by atoms with Crippen LogP contribution < -0.4 is 11.1 Å². The van der Waals surface area contributed by atoms with Crippen LogP contribution in [0.2, 0.25) is 5.02 Å². The number of rotatable bonds is 3. The Morgan fingerprint density at radius 1 is 1.52 bits per heavy atom. The van der Waals surface area contributed by atoms with E-state index in [-0.39, 0.29) is 28.5 Å². The summed E-state index contributed by atoms with van der Waals surface area (Å²) in [4.78, 5) is 12.1. The summed E-state index contributed by atoms with van der Waals surface area (Å²) in [6.07, 6.45) is 0.738. The molecule has 1 atom stereocenters. The molecule has 2 aromatic rings. The Labute approximate surface area is 126 Å². The van der Waals surface area contributed by atoms with E-state index in [1.807, 2.05) is 18.2 Å². The van der Waals surface area contributed by atoms with Gasteiger partial charge in [0.15, 0.2) is 5.82 Å². The normalized spacial score (nSPS) is 17.3. The molecule has 3 rings (SSSR count). The Morgan fingerprint density at radius 2 is 2.33 bits per heavy atom. The van der Waals surface area contributed by atoms with E-state index in [1.54, 1.807) is 0 Å². The summed E-state index contributed by atoms with van der Waals surface area (Å²) in [5, 5.41) is 9.14. The van der Waals surface area contributed by atoms with Gasteiger partial charge in [0.2, 0.25) is 0 Å². The number of nitrogens with two attached hydrogens (primary N) is 1. The van der Waals surface area contributed by atoms with E-state index in [9.17, 15) is 4.79 Å². The average Bonchev–Trinajstić information content (AvgIpc) is 2.84. The van der Waals surface area contributed by atoms with Gasteiger partial charge in [0, 0.05) is 6.54 Å². The molecule has 0 bridgehead atoms. The highest BCUT2D eigenvalue weighted by molar-refractivity contribution is 6.35. The first kappa shape index (κ1) is 13.9. The number of halogens is 1. The van der Waals surface area contributed by atoms with Crippen molar-refractivity contribution in [1.29, 1.82) is 0 Å². The maximum atomic E-state index is 12.1. The molecule has 21 heavy (non-hydrogen) atoms. The number of hydrogen-bond donors (Lipinski definition) is 3. The Kier molecular flexibility index (Phi) is 3.81. The van der Waals surface area contributed by atoms with Crippen molar-refractivity contribution in [2.24, 2.45) is 0 Å². The van der Waals surface area contributed by atoms with Gasteiger partial charge in [-0.25, -0.2) is 0 Å². The standard InChI is InChI=1S/C14H15ClN4O2/c15-11-12(18-19-13(11)16)14(20)17-7-10-9-4-2-1-3-8(9)5-6-21-10/h1-4,10H,5-7H2,(H,17,20)(H3,16,18,19)/t10-/m1/s1. The molecule has 0 radical (unpaired) electrons. The Bertz CT molecular complexity index is 671. The number of ether oxygens (including phenoxy) is 1. The molecule has 6 nitrogen and oxygen atoms in total. The van der Waals surface area contributed by atoms with E-state index in [0.29, 0.717) is 13.2 Å². The molecular formula is C14H15ClN4O2. The molecule has 0 spiro atoms. The molecule has 0 aliphatic carbocycles. The second-order valence-corrected chi connectivity index (χ2v) is 5.19. The van der Waals surface area contributed by atoms with Crippen molar-refractivity contribution in [3.05, 3.63) is 46.1 Å². The number of benzene rings is 1. The highest BCUT2D eigenvalue weighted by atomic mass is 35.5. The van der Waals surface area contributed by atoms with Crippen LogP contribution in [-0.2, 0) is 11.2 Å². The molecular weight excluding hydrogens is 292 g/mol. The molecule has 0 unspecified atom stereocenters. The minimum atomic E-state index is -0.351. The third kappa shape index (κ3) is 2.72. The first-order chi connectivity index (χ1) is 10.2. The zero-order chi connectivity index (χ0) is 14.8. The van der Waals surface area contributed by atoms with Gasteiger partial charge in [0.1, 0.15) is 16.8 Å². The number of fused-ring (bicyclic) bond motifs is 1. The number of nitrogens with zero attached hydrogens (tertiary/aromatic N) is 1. The predicted octanol–water partition coefficient (Wildman–Crippen LogP) is 1.69. The number of aromatic nitrogens is 2. The number of nitrogen functional groups attached to an aromatic ring is 1. The highest BCUT2D eigenvalue weighted by Gasteiger charge is 2.22. The number of carbonyl (C=O) groups excluding carboxylic acids is 1. The fraction of sp³-hybridized carbons (Fsp3) is 0.286. The third-order valence-electron chi connectivity index (χ3n) is 3.50. The van der Waals surface area contributed by atoms with Gasteiger partial charge in [-0.15, -0.1) is 0 Å². The van der Waals surface area contributed by atoms with Gasteiger partial charge in [0.05, 0.1) is 6.61 Å². The number of H-pyrrole nitrogens is 1. The van der Waals surface area contributed by atoms with Gasteiger partial charge < -0.3 is 15.8 Å². The van der Waals surface area contributed by atoms with Crippen LogP contribution in [0.1, 0.15) is 27.7 Å². The van der Waals surface area contributed by atoms with Crippen molar-refractivity contribution in [2.75, 3.05) is 18.9 Å². The molecule has 4 N–H and O–H groups in total. The van der Waals surface area contributed by atoms with Crippen LogP contribution in [0.3, 0.4) is 0 Å². The maximum Gasteiger partial charge on any atom is 0.271 e. The maximum absolute atomic E-state index is 12.1. The molecule has 0 saturated heterocycles. The highest BCUT2D eigenvalue weighted by Crippen LogP contribution is 2.26. The monoisotopic (exact) mass is 306 g/mol. The zero-order valence-corrected chi connectivity index (χ0v) is 12.0. The van der Waals surface area contributed by atoms with Crippen LogP contribution >= 0.6 is 11.6 Å². The van der Waals surface area contributed by atoms with Crippen LogP contribution in [0.25, 0.3) is 0 Å². The summed E-state index contributed by atoms with van der Waals surface area (Å²) in [6, 6.07) is 8.08. The molecule has 1 aromatic carbocycles. The first-order valence-corrected chi connectivity index (χ1v) is 7.01. The number of anilines is 1. The average molecular weight is 307 g/mol. The lowest BCUT2D eigenvalue weighted by atomic mass is 9.97. The van der Waals surface area contributed by atoms with Gasteiger partial charge >= 0.3 is 0 Å². The summed E-state index contributed by atoms with van der Waals surface area (Å²) in [6.45, 7) is 1.01. The summed E-state index contributed by atoms with van der Waals surface area (Å²) in [5.41, 5.74) is 8.03. The number of aromatic amines is 1. The Hall–Kier alpha value is -2.05. The van der Waals surface area contributed by atoms with Crippen LogP contribution in [0, 0.1) is 0 Å². The molecule has 1 aliphatic heterocycles. The van der Waals surface area contributed by atoms with Gasteiger partial charge in [-0.1, -0.05) is 35.9 Å². The molecule has 1 amide bonds. The summed E-state index contributed by atoms with van der Waals surface area (Å²) in [7, 11) is 0. The molecule has 7 heteroatoms. The van der Waals surface area contributed by atoms with Gasteiger partial charge in [-0.3, -0.25) is 9.89 Å². The van der Waals surface area contributed by atoms with Crippen LogP contribution in [-0.4, -0.2) is 29.3 Å². The second-order valence-electron chi connectivity index (χ2n) is 4.82. The van der Waals surface area contributed by atoms with Crippen molar-refractivity contribution in [2.45, 2.75) is 12.5 Å². The summed E-state index contributed by atoms with van der Waals surface area (Å²) < 4.78 is 5.73. The number of hydrogen-bond acceptors (Lipinski definition) is 4. The largest absolute Gasteiger partial charge is 0.381 e. The summed E-state index contributed by atoms with van der Waals surface area (Å²) >= 11 is 5.90. The topological polar surface area (TPSA) is 93.0 Å². The Balaban J connectivity index is 1.69. The first-order valence-electron chi connectivity index (χ1n) is 6.63. The lowest BCUT2D eigenvalue weighted by Gasteiger charge is -2.26. The van der Waals surface area contributed by atoms with E-state index in [1.165, 1.54) is 5.56 Å². The van der Waals surface area contributed by atoms with Gasteiger partial charge in [-0.05, 0) is 17.5 Å². The lowest BCUT2D eigenvalue weighted by Crippen LogP contribution is -2.32. The van der Waals surface area contributed by atoms with Crippen LogP contribution in [0.5, 0.6) is 0 Å². The van der Waals surface area contributed by atoms with E-state index in [2.05, 4.69) is 21.6 Å². The lowest BCUT2D eigenvalue weighted by molar-refractivity contribution is 0.0411. The van der Waals surface area contributed by atoms with Crippen LogP contribution in [0.4, 0.5) is 5.82 Å². The third-order valence-corrected chi connectivity index (χ3v) is 3.88. The van der Waals surface area contributed by atoms with Crippen molar-refractivity contribution in [1.82, 2.24) is 15.5 Å². The van der Waals surface area contributed by atoms with E-state index in [0.717, 1.165) is 12.0 Å². The molecule has 2 heterocycles. The smallest absolute Gasteiger partial charge is 0.271 e. The molecule has 1 aliphatic rings. The zero-order valence-electron chi connectivity index (χ0n) is 11.2. The minimum absolute atomic E-state index is 0.112. The number of nitrogens with one attached hydrogen (secondary N) is 2. The molecule has 1 aromatic heterocycles. The van der Waals surface area contributed by atoms with E-state index in [4.69, 9.17) is 22.1 Å². The molecule has 110 valence electrons. The SMILES string of the molecule is Nc1n[nH]c(C(=O)NC[C@H]2OCCc3ccccc32)c1Cl.